The number of anilines is 6. The second-order valence-electron chi connectivity index (χ2n) is 16.9. The Morgan fingerprint density at radius 2 is 0.742 bits per heavy atom. The second kappa shape index (κ2) is 16.6. The Hall–Kier alpha value is -8.44. The lowest BCUT2D eigenvalue weighted by Gasteiger charge is -2.44. The summed E-state index contributed by atoms with van der Waals surface area (Å²) in [4.78, 5) is 4.82. The van der Waals surface area contributed by atoms with Gasteiger partial charge in [-0.2, -0.15) is 0 Å². The molecule has 1 aliphatic heterocycles. The monoisotopic (exact) mass is 859 g/mol. The van der Waals surface area contributed by atoms with Crippen LogP contribution in [0.1, 0.15) is 0 Å². The molecular formula is C62H45N3Si. The molecule has 2 heterocycles. The van der Waals surface area contributed by atoms with Gasteiger partial charge in [-0.3, -0.25) is 9.47 Å². The SMILES string of the molecule is c1ccc(N(c2ccccc2)c2ccc(-c3ccc(-c4ccc5c6c(n(-c7ccccc7)c5c4)N(c4ccccc4)c4ccccc4[Si]6(c4ccccc4)c4ccccc4)cc3)cc2)cc1. The van der Waals surface area contributed by atoms with Gasteiger partial charge in [-0.25, -0.2) is 0 Å². The first-order valence-electron chi connectivity index (χ1n) is 22.7. The van der Waals surface area contributed by atoms with Crippen molar-refractivity contribution >= 4 is 74.0 Å². The highest BCUT2D eigenvalue weighted by atomic mass is 28.3. The van der Waals surface area contributed by atoms with Gasteiger partial charge in [0, 0.05) is 44.7 Å². The Balaban J connectivity index is 1.04. The van der Waals surface area contributed by atoms with Crippen LogP contribution in [-0.4, -0.2) is 12.6 Å². The Morgan fingerprint density at radius 3 is 1.29 bits per heavy atom. The van der Waals surface area contributed by atoms with E-state index >= 15 is 0 Å². The van der Waals surface area contributed by atoms with Gasteiger partial charge < -0.3 is 4.90 Å². The Kier molecular flexibility index (Phi) is 9.85. The number of hydrogen-bond donors (Lipinski definition) is 0. The van der Waals surface area contributed by atoms with Crippen LogP contribution in [0.2, 0.25) is 0 Å². The average Bonchev–Trinajstić information content (AvgIpc) is 3.74. The van der Waals surface area contributed by atoms with Crippen molar-refractivity contribution in [3.05, 3.63) is 273 Å². The van der Waals surface area contributed by atoms with Gasteiger partial charge in [0.2, 0.25) is 0 Å². The minimum Gasteiger partial charge on any atom is -0.311 e. The van der Waals surface area contributed by atoms with Crippen LogP contribution >= 0.6 is 0 Å². The molecule has 10 aromatic carbocycles. The molecule has 312 valence electrons. The number of aromatic nitrogens is 1. The number of para-hydroxylation sites is 5. The molecule has 0 radical (unpaired) electrons. The van der Waals surface area contributed by atoms with Crippen molar-refractivity contribution in [2.45, 2.75) is 0 Å². The number of benzene rings is 10. The van der Waals surface area contributed by atoms with E-state index in [1.54, 1.807) is 0 Å². The third-order valence-corrected chi connectivity index (χ3v) is 18.1. The maximum Gasteiger partial charge on any atom is 0.186 e. The lowest BCUT2D eigenvalue weighted by molar-refractivity contribution is 1.08. The van der Waals surface area contributed by atoms with Crippen LogP contribution in [0.5, 0.6) is 0 Å². The van der Waals surface area contributed by atoms with Crippen molar-refractivity contribution in [3.63, 3.8) is 0 Å². The Morgan fingerprint density at radius 1 is 0.333 bits per heavy atom. The van der Waals surface area contributed by atoms with Crippen molar-refractivity contribution in [1.82, 2.24) is 4.57 Å². The summed E-state index contributed by atoms with van der Waals surface area (Å²) in [5.41, 5.74) is 12.7. The normalized spacial score (nSPS) is 12.6. The summed E-state index contributed by atoms with van der Waals surface area (Å²) in [6, 6.07) is 100.0. The molecule has 12 rings (SSSR count). The highest BCUT2D eigenvalue weighted by Gasteiger charge is 2.51. The van der Waals surface area contributed by atoms with Gasteiger partial charge in [-0.1, -0.05) is 200 Å². The summed E-state index contributed by atoms with van der Waals surface area (Å²) < 4.78 is 2.54. The van der Waals surface area contributed by atoms with E-state index < -0.39 is 8.07 Å². The fraction of sp³-hybridized carbons (Fsp3) is 0. The highest BCUT2D eigenvalue weighted by Crippen LogP contribution is 2.44. The molecule has 0 spiro atoms. The van der Waals surface area contributed by atoms with Crippen molar-refractivity contribution < 1.29 is 0 Å². The van der Waals surface area contributed by atoms with Crippen LogP contribution in [0.25, 0.3) is 38.8 Å². The average molecular weight is 860 g/mol. The van der Waals surface area contributed by atoms with E-state index in [2.05, 4.69) is 287 Å². The van der Waals surface area contributed by atoms with Crippen LogP contribution in [0.4, 0.5) is 34.3 Å². The second-order valence-corrected chi connectivity index (χ2v) is 20.6. The summed E-state index contributed by atoms with van der Waals surface area (Å²) in [7, 11) is -2.98. The summed E-state index contributed by atoms with van der Waals surface area (Å²) in [6.45, 7) is 0. The van der Waals surface area contributed by atoms with E-state index in [4.69, 9.17) is 0 Å². The van der Waals surface area contributed by atoms with Crippen molar-refractivity contribution in [2.24, 2.45) is 0 Å². The standard InChI is InChI=1S/C62H45N3Si/c1-7-21-50(22-8-1)63(51-23-9-2-10-24-51)54-42-39-47(40-43-54)46-35-37-48(38-36-46)49-41-44-57-59(45-49)65(53-27-13-4-14-28-53)62-61(57)66(55-29-15-5-16-30-55,56-31-17-6-18-32-56)60-34-20-19-33-58(60)64(62)52-25-11-3-12-26-52/h1-45H. The fourth-order valence-electron chi connectivity index (χ4n) is 10.3. The van der Waals surface area contributed by atoms with Crippen molar-refractivity contribution in [3.8, 4) is 27.9 Å². The van der Waals surface area contributed by atoms with Crippen molar-refractivity contribution in [2.75, 3.05) is 9.80 Å². The van der Waals surface area contributed by atoms with Gasteiger partial charge >= 0.3 is 0 Å². The molecule has 1 aromatic heterocycles. The number of rotatable bonds is 9. The molecule has 66 heavy (non-hydrogen) atoms. The zero-order valence-corrected chi connectivity index (χ0v) is 37.3. The molecule has 0 unspecified atom stereocenters. The minimum atomic E-state index is -2.98. The smallest absolute Gasteiger partial charge is 0.186 e. The van der Waals surface area contributed by atoms with Crippen LogP contribution < -0.4 is 30.5 Å². The lowest BCUT2D eigenvalue weighted by atomic mass is 9.99. The lowest BCUT2D eigenvalue weighted by Crippen LogP contribution is -2.77. The van der Waals surface area contributed by atoms with E-state index in [0.717, 1.165) is 28.4 Å². The van der Waals surface area contributed by atoms with Crippen LogP contribution in [0.3, 0.4) is 0 Å². The van der Waals surface area contributed by atoms with Gasteiger partial charge in [-0.15, -0.1) is 0 Å². The molecule has 0 fully saturated rings. The van der Waals surface area contributed by atoms with E-state index in [1.165, 1.54) is 65.4 Å². The Bertz CT molecular complexity index is 3350. The number of hydrogen-bond acceptors (Lipinski definition) is 2. The van der Waals surface area contributed by atoms with Crippen LogP contribution in [-0.2, 0) is 0 Å². The van der Waals surface area contributed by atoms with E-state index in [1.807, 2.05) is 0 Å². The maximum absolute atomic E-state index is 2.98. The number of nitrogens with zero attached hydrogens (tertiary/aromatic N) is 3. The van der Waals surface area contributed by atoms with Gasteiger partial charge in [0.1, 0.15) is 5.82 Å². The zero-order chi connectivity index (χ0) is 43.9. The maximum atomic E-state index is 2.54. The molecule has 0 amide bonds. The van der Waals surface area contributed by atoms with Gasteiger partial charge in [0.15, 0.2) is 8.07 Å². The first kappa shape index (κ1) is 39.2. The Labute approximate surface area is 387 Å². The summed E-state index contributed by atoms with van der Waals surface area (Å²) in [5.74, 6) is 1.19. The first-order valence-corrected chi connectivity index (χ1v) is 24.7. The van der Waals surface area contributed by atoms with E-state index in [0.29, 0.717) is 0 Å². The molecule has 4 heteroatoms. The van der Waals surface area contributed by atoms with Crippen LogP contribution in [0.15, 0.2) is 273 Å². The van der Waals surface area contributed by atoms with E-state index in [-0.39, 0.29) is 0 Å². The summed E-state index contributed by atoms with van der Waals surface area (Å²) >= 11 is 0. The first-order chi connectivity index (χ1) is 32.8. The molecule has 0 N–H and O–H groups in total. The highest BCUT2D eigenvalue weighted by molar-refractivity contribution is 7.22. The summed E-state index contributed by atoms with van der Waals surface area (Å²) in [6.07, 6.45) is 0. The van der Waals surface area contributed by atoms with E-state index in [9.17, 15) is 0 Å². The quantitative estimate of drug-likeness (QED) is 0.134. The molecule has 0 bridgehead atoms. The van der Waals surface area contributed by atoms with Gasteiger partial charge in [0.05, 0.1) is 5.52 Å². The molecule has 1 aliphatic rings. The molecule has 0 atom stereocenters. The molecule has 0 saturated carbocycles. The molecule has 0 aliphatic carbocycles. The predicted molar refractivity (Wildman–Crippen MR) is 281 cm³/mol. The molecule has 3 nitrogen and oxygen atoms in total. The number of fused-ring (bicyclic) bond motifs is 4. The predicted octanol–water partition coefficient (Wildman–Crippen LogP) is 13.6. The summed E-state index contributed by atoms with van der Waals surface area (Å²) in [5, 5.41) is 6.77. The van der Waals surface area contributed by atoms with Crippen molar-refractivity contribution in [1.29, 1.82) is 0 Å². The van der Waals surface area contributed by atoms with Gasteiger partial charge in [0.25, 0.3) is 0 Å². The molecule has 11 aromatic rings. The topological polar surface area (TPSA) is 11.4 Å². The third kappa shape index (κ3) is 6.50. The molecular weight excluding hydrogens is 815 g/mol. The largest absolute Gasteiger partial charge is 0.311 e. The molecule has 0 saturated heterocycles. The van der Waals surface area contributed by atoms with Crippen LogP contribution in [0, 0.1) is 0 Å². The zero-order valence-electron chi connectivity index (χ0n) is 36.3. The minimum absolute atomic E-state index is 1.12. The third-order valence-electron chi connectivity index (χ3n) is 13.2. The fourth-order valence-corrected chi connectivity index (χ4v) is 15.6. The van der Waals surface area contributed by atoms with Gasteiger partial charge in [-0.05, 0) is 111 Å².